The number of hydrogen-bond acceptors (Lipinski definition) is 3. The molecule has 0 radical (unpaired) electrons. The summed E-state index contributed by atoms with van der Waals surface area (Å²) in [5.41, 5.74) is 2.62. The highest BCUT2D eigenvalue weighted by Gasteiger charge is 2.07. The standard InChI is InChI=1S/C16H28N2O/c1-13(2)15-11-14(7-8-16(15)19-4)12-18-10-6-5-9-17-3/h7-8,11,13,17-18H,5-6,9-10,12H2,1-4H3. The van der Waals surface area contributed by atoms with Crippen molar-refractivity contribution in [1.82, 2.24) is 10.6 Å². The number of ether oxygens (including phenoxy) is 1. The molecule has 0 unspecified atom stereocenters. The molecule has 1 rings (SSSR count). The topological polar surface area (TPSA) is 33.3 Å². The average Bonchev–Trinajstić information content (AvgIpc) is 2.42. The van der Waals surface area contributed by atoms with Gasteiger partial charge >= 0.3 is 0 Å². The molecular weight excluding hydrogens is 236 g/mol. The lowest BCUT2D eigenvalue weighted by molar-refractivity contribution is 0.407. The van der Waals surface area contributed by atoms with Crippen LogP contribution in [0.5, 0.6) is 5.75 Å². The molecule has 0 amide bonds. The van der Waals surface area contributed by atoms with Gasteiger partial charge in [0.15, 0.2) is 0 Å². The van der Waals surface area contributed by atoms with Crippen LogP contribution in [0.15, 0.2) is 18.2 Å². The highest BCUT2D eigenvalue weighted by Crippen LogP contribution is 2.27. The van der Waals surface area contributed by atoms with Gasteiger partial charge in [-0.3, -0.25) is 0 Å². The van der Waals surface area contributed by atoms with Crippen molar-refractivity contribution in [2.45, 2.75) is 39.2 Å². The Hall–Kier alpha value is -1.06. The van der Waals surface area contributed by atoms with Crippen LogP contribution in [0, 0.1) is 0 Å². The van der Waals surface area contributed by atoms with E-state index in [1.165, 1.54) is 24.0 Å². The van der Waals surface area contributed by atoms with E-state index in [-0.39, 0.29) is 0 Å². The van der Waals surface area contributed by atoms with Crippen molar-refractivity contribution in [3.8, 4) is 5.75 Å². The van der Waals surface area contributed by atoms with Crippen LogP contribution in [0.25, 0.3) is 0 Å². The number of rotatable bonds is 9. The molecule has 0 spiro atoms. The Kier molecular flexibility index (Phi) is 7.53. The van der Waals surface area contributed by atoms with Gasteiger partial charge in [0, 0.05) is 6.54 Å². The molecule has 0 atom stereocenters. The third kappa shape index (κ3) is 5.62. The SMILES string of the molecule is CNCCCCNCc1ccc(OC)c(C(C)C)c1. The highest BCUT2D eigenvalue weighted by molar-refractivity contribution is 5.39. The van der Waals surface area contributed by atoms with E-state index < -0.39 is 0 Å². The molecule has 0 saturated carbocycles. The number of benzene rings is 1. The third-order valence-corrected chi connectivity index (χ3v) is 3.28. The normalized spacial score (nSPS) is 11.0. The van der Waals surface area contributed by atoms with Gasteiger partial charge < -0.3 is 15.4 Å². The van der Waals surface area contributed by atoms with Crippen molar-refractivity contribution in [1.29, 1.82) is 0 Å². The molecule has 108 valence electrons. The molecule has 0 aliphatic carbocycles. The van der Waals surface area contributed by atoms with E-state index in [4.69, 9.17) is 4.74 Å². The summed E-state index contributed by atoms with van der Waals surface area (Å²) in [5.74, 6) is 1.48. The van der Waals surface area contributed by atoms with Crippen molar-refractivity contribution < 1.29 is 4.74 Å². The Labute approximate surface area is 117 Å². The van der Waals surface area contributed by atoms with Gasteiger partial charge in [0.1, 0.15) is 5.75 Å². The van der Waals surface area contributed by atoms with Crippen LogP contribution in [0.2, 0.25) is 0 Å². The molecule has 3 heteroatoms. The summed E-state index contributed by atoms with van der Waals surface area (Å²) in [7, 11) is 3.74. The van der Waals surface area contributed by atoms with Gasteiger partial charge in [-0.1, -0.05) is 26.0 Å². The van der Waals surface area contributed by atoms with Crippen molar-refractivity contribution in [3.05, 3.63) is 29.3 Å². The lowest BCUT2D eigenvalue weighted by atomic mass is 9.99. The zero-order valence-corrected chi connectivity index (χ0v) is 12.8. The van der Waals surface area contributed by atoms with Gasteiger partial charge in [-0.15, -0.1) is 0 Å². The minimum atomic E-state index is 0.491. The van der Waals surface area contributed by atoms with Crippen LogP contribution in [-0.2, 0) is 6.54 Å². The molecule has 0 heterocycles. The fraction of sp³-hybridized carbons (Fsp3) is 0.625. The van der Waals surface area contributed by atoms with E-state index in [0.717, 1.165) is 25.4 Å². The zero-order valence-electron chi connectivity index (χ0n) is 12.8. The Balaban J connectivity index is 2.44. The van der Waals surface area contributed by atoms with Crippen LogP contribution >= 0.6 is 0 Å². The van der Waals surface area contributed by atoms with E-state index in [0.29, 0.717) is 5.92 Å². The maximum Gasteiger partial charge on any atom is 0.122 e. The minimum Gasteiger partial charge on any atom is -0.496 e. The third-order valence-electron chi connectivity index (χ3n) is 3.28. The molecule has 19 heavy (non-hydrogen) atoms. The lowest BCUT2D eigenvalue weighted by Crippen LogP contribution is -2.17. The predicted molar refractivity (Wildman–Crippen MR) is 82.0 cm³/mol. The Morgan fingerprint density at radius 3 is 2.53 bits per heavy atom. The zero-order chi connectivity index (χ0) is 14.1. The predicted octanol–water partition coefficient (Wildman–Crippen LogP) is 2.91. The van der Waals surface area contributed by atoms with Crippen LogP contribution in [-0.4, -0.2) is 27.2 Å². The molecule has 0 aromatic heterocycles. The molecule has 0 aliphatic heterocycles. The van der Waals surface area contributed by atoms with Crippen LogP contribution < -0.4 is 15.4 Å². The molecule has 0 saturated heterocycles. The first-order valence-corrected chi connectivity index (χ1v) is 7.21. The summed E-state index contributed by atoms with van der Waals surface area (Å²) < 4.78 is 5.40. The van der Waals surface area contributed by atoms with Crippen molar-refractivity contribution in [3.63, 3.8) is 0 Å². The second-order valence-corrected chi connectivity index (χ2v) is 5.22. The lowest BCUT2D eigenvalue weighted by Gasteiger charge is -2.14. The highest BCUT2D eigenvalue weighted by atomic mass is 16.5. The van der Waals surface area contributed by atoms with Crippen molar-refractivity contribution in [2.75, 3.05) is 27.2 Å². The number of hydrogen-bond donors (Lipinski definition) is 2. The first kappa shape index (κ1) is 16.0. The molecule has 1 aromatic carbocycles. The Bertz CT molecular complexity index is 364. The molecule has 0 fully saturated rings. The molecule has 3 nitrogen and oxygen atoms in total. The van der Waals surface area contributed by atoms with Crippen molar-refractivity contribution in [2.24, 2.45) is 0 Å². The van der Waals surface area contributed by atoms with Gasteiger partial charge in [-0.25, -0.2) is 0 Å². The summed E-state index contributed by atoms with van der Waals surface area (Å²) in [6, 6.07) is 6.47. The Morgan fingerprint density at radius 1 is 1.16 bits per heavy atom. The summed E-state index contributed by atoms with van der Waals surface area (Å²) >= 11 is 0. The molecule has 1 aromatic rings. The average molecular weight is 264 g/mol. The summed E-state index contributed by atoms with van der Waals surface area (Å²) in [5, 5.41) is 6.66. The first-order chi connectivity index (χ1) is 9.19. The summed E-state index contributed by atoms with van der Waals surface area (Å²) in [6.07, 6.45) is 2.44. The van der Waals surface area contributed by atoms with E-state index >= 15 is 0 Å². The van der Waals surface area contributed by atoms with E-state index in [1.54, 1.807) is 7.11 Å². The minimum absolute atomic E-state index is 0.491. The number of nitrogens with one attached hydrogen (secondary N) is 2. The molecule has 2 N–H and O–H groups in total. The molecule has 0 bridgehead atoms. The summed E-state index contributed by atoms with van der Waals surface area (Å²) in [4.78, 5) is 0. The molecular formula is C16H28N2O. The largest absolute Gasteiger partial charge is 0.496 e. The first-order valence-electron chi connectivity index (χ1n) is 7.21. The molecule has 0 aliphatic rings. The van der Waals surface area contributed by atoms with Crippen LogP contribution in [0.3, 0.4) is 0 Å². The fourth-order valence-corrected chi connectivity index (χ4v) is 2.13. The number of unbranched alkanes of at least 4 members (excludes halogenated alkanes) is 1. The monoisotopic (exact) mass is 264 g/mol. The quantitative estimate of drug-likeness (QED) is 0.673. The van der Waals surface area contributed by atoms with Gasteiger partial charge in [0.05, 0.1) is 7.11 Å². The van der Waals surface area contributed by atoms with E-state index in [2.05, 4.69) is 42.7 Å². The number of methoxy groups -OCH3 is 1. The van der Waals surface area contributed by atoms with Crippen LogP contribution in [0.4, 0.5) is 0 Å². The second kappa shape index (κ2) is 8.94. The van der Waals surface area contributed by atoms with Gasteiger partial charge in [-0.2, -0.15) is 0 Å². The Morgan fingerprint density at radius 2 is 1.89 bits per heavy atom. The van der Waals surface area contributed by atoms with E-state index in [1.807, 2.05) is 7.05 Å². The van der Waals surface area contributed by atoms with E-state index in [9.17, 15) is 0 Å². The fourth-order valence-electron chi connectivity index (χ4n) is 2.13. The van der Waals surface area contributed by atoms with Gasteiger partial charge in [0.25, 0.3) is 0 Å². The van der Waals surface area contributed by atoms with Gasteiger partial charge in [0.2, 0.25) is 0 Å². The second-order valence-electron chi connectivity index (χ2n) is 5.22. The van der Waals surface area contributed by atoms with Crippen molar-refractivity contribution >= 4 is 0 Å². The van der Waals surface area contributed by atoms with Gasteiger partial charge in [-0.05, 0) is 56.1 Å². The smallest absolute Gasteiger partial charge is 0.122 e. The maximum atomic E-state index is 5.40. The van der Waals surface area contributed by atoms with Crippen LogP contribution in [0.1, 0.15) is 43.7 Å². The summed E-state index contributed by atoms with van der Waals surface area (Å²) in [6.45, 7) is 7.51. The maximum absolute atomic E-state index is 5.40.